The van der Waals surface area contributed by atoms with Crippen LogP contribution in [0.15, 0.2) is 24.3 Å². The summed E-state index contributed by atoms with van der Waals surface area (Å²) in [5, 5.41) is 18.1. The van der Waals surface area contributed by atoms with Crippen molar-refractivity contribution in [1.82, 2.24) is 14.7 Å². The van der Waals surface area contributed by atoms with Crippen molar-refractivity contribution in [1.29, 1.82) is 10.5 Å². The lowest BCUT2D eigenvalue weighted by Gasteiger charge is -2.35. The highest BCUT2D eigenvalue weighted by Gasteiger charge is 2.21. The van der Waals surface area contributed by atoms with Gasteiger partial charge in [0.15, 0.2) is 0 Å². The molecule has 1 aromatic rings. The monoisotopic (exact) mass is 403 g/mol. The molecular weight excluding hydrogens is 378 g/mol. The minimum absolute atomic E-state index is 0.0130. The van der Waals surface area contributed by atoms with E-state index in [0.717, 1.165) is 32.7 Å². The van der Waals surface area contributed by atoms with Crippen LogP contribution in [0.3, 0.4) is 0 Å². The van der Waals surface area contributed by atoms with Gasteiger partial charge in [-0.2, -0.15) is 10.5 Å². The maximum absolute atomic E-state index is 12.5. The van der Waals surface area contributed by atoms with E-state index in [9.17, 15) is 4.79 Å². The number of nitrogens with zero attached hydrogens (tertiary/aromatic N) is 5. The maximum atomic E-state index is 12.5. The maximum Gasteiger partial charge on any atom is 0.236 e. The molecule has 0 atom stereocenters. The molecule has 0 aliphatic carbocycles. The molecule has 0 N–H and O–H groups in total. The van der Waals surface area contributed by atoms with Crippen LogP contribution in [0, 0.1) is 22.7 Å². The van der Waals surface area contributed by atoms with Crippen molar-refractivity contribution in [3.05, 3.63) is 29.3 Å². The van der Waals surface area contributed by atoms with Crippen molar-refractivity contribution < 1.29 is 9.53 Å². The van der Waals surface area contributed by atoms with Gasteiger partial charge in [-0.3, -0.25) is 14.6 Å². The van der Waals surface area contributed by atoms with Crippen molar-refractivity contribution in [2.75, 3.05) is 59.0 Å². The van der Waals surface area contributed by atoms with Gasteiger partial charge in [0.2, 0.25) is 5.91 Å². The van der Waals surface area contributed by atoms with Crippen molar-refractivity contribution in [3.63, 3.8) is 0 Å². The van der Waals surface area contributed by atoms with Gasteiger partial charge in [0.25, 0.3) is 0 Å². The van der Waals surface area contributed by atoms with E-state index in [1.807, 2.05) is 24.3 Å². The number of benzene rings is 1. The van der Waals surface area contributed by atoms with Crippen molar-refractivity contribution in [2.45, 2.75) is 12.8 Å². The first kappa shape index (κ1) is 22.0. The van der Waals surface area contributed by atoms with E-state index in [1.165, 1.54) is 0 Å². The Balaban J connectivity index is 1.69. The van der Waals surface area contributed by atoms with Crippen LogP contribution in [0.25, 0.3) is 0 Å². The Kier molecular flexibility index (Phi) is 9.57. The van der Waals surface area contributed by atoms with E-state index in [0.29, 0.717) is 37.0 Å². The Morgan fingerprint density at radius 1 is 1.07 bits per heavy atom. The summed E-state index contributed by atoms with van der Waals surface area (Å²) in [6.45, 7) is 5.84. The molecule has 1 amide bonds. The fourth-order valence-corrected chi connectivity index (χ4v) is 3.23. The summed E-state index contributed by atoms with van der Waals surface area (Å²) in [5.74, 6) is 0.684. The van der Waals surface area contributed by atoms with E-state index in [1.54, 1.807) is 4.90 Å². The first-order valence-corrected chi connectivity index (χ1v) is 9.85. The molecule has 0 bridgehead atoms. The zero-order chi connectivity index (χ0) is 20.2. The molecule has 1 saturated heterocycles. The highest BCUT2D eigenvalue weighted by Crippen LogP contribution is 2.22. The van der Waals surface area contributed by atoms with Crippen LogP contribution in [-0.4, -0.2) is 79.6 Å². The number of halogens is 1. The van der Waals surface area contributed by atoms with Gasteiger partial charge in [-0.1, -0.05) is 23.7 Å². The summed E-state index contributed by atoms with van der Waals surface area (Å²) in [6.07, 6.45) is 0.576. The number of ether oxygens (including phenoxy) is 1. The third kappa shape index (κ3) is 7.36. The molecule has 0 unspecified atom stereocenters. The van der Waals surface area contributed by atoms with Gasteiger partial charge in [0, 0.05) is 45.8 Å². The number of carbonyl (C=O) groups excluding carboxylic acids is 1. The van der Waals surface area contributed by atoms with Crippen LogP contribution in [0.4, 0.5) is 0 Å². The predicted octanol–water partition coefficient (Wildman–Crippen LogP) is 1.99. The summed E-state index contributed by atoms with van der Waals surface area (Å²) >= 11 is 6.09. The smallest absolute Gasteiger partial charge is 0.236 e. The summed E-state index contributed by atoms with van der Waals surface area (Å²) in [4.78, 5) is 18.5. The Morgan fingerprint density at radius 3 is 2.29 bits per heavy atom. The van der Waals surface area contributed by atoms with E-state index in [-0.39, 0.29) is 18.7 Å². The zero-order valence-electron chi connectivity index (χ0n) is 16.0. The van der Waals surface area contributed by atoms with Crippen molar-refractivity contribution in [2.24, 2.45) is 0 Å². The molecule has 1 fully saturated rings. The number of piperazine rings is 1. The van der Waals surface area contributed by atoms with Gasteiger partial charge < -0.3 is 9.64 Å². The van der Waals surface area contributed by atoms with Gasteiger partial charge in [-0.15, -0.1) is 0 Å². The second-order valence-corrected chi connectivity index (χ2v) is 7.00. The van der Waals surface area contributed by atoms with Crippen LogP contribution >= 0.6 is 11.6 Å². The summed E-state index contributed by atoms with van der Waals surface area (Å²) in [5.41, 5.74) is 0. The molecule has 28 heavy (non-hydrogen) atoms. The highest BCUT2D eigenvalue weighted by atomic mass is 35.5. The Hall–Kier alpha value is -2.32. The van der Waals surface area contributed by atoms with Crippen molar-refractivity contribution in [3.8, 4) is 17.9 Å². The molecule has 0 aromatic heterocycles. The summed E-state index contributed by atoms with van der Waals surface area (Å²) in [6, 6.07) is 11.5. The number of para-hydroxylation sites is 1. The average Bonchev–Trinajstić information content (AvgIpc) is 2.71. The first-order chi connectivity index (χ1) is 13.6. The Morgan fingerprint density at radius 2 is 1.68 bits per heavy atom. The van der Waals surface area contributed by atoms with E-state index >= 15 is 0 Å². The second kappa shape index (κ2) is 12.2. The van der Waals surface area contributed by atoms with Crippen LogP contribution in [-0.2, 0) is 4.79 Å². The normalized spacial score (nSPS) is 14.8. The number of rotatable bonds is 10. The first-order valence-electron chi connectivity index (χ1n) is 9.47. The third-order valence-electron chi connectivity index (χ3n) is 4.67. The van der Waals surface area contributed by atoms with Crippen LogP contribution in [0.1, 0.15) is 12.8 Å². The Bertz CT molecular complexity index is 689. The number of hydrogen-bond donors (Lipinski definition) is 0. The van der Waals surface area contributed by atoms with Gasteiger partial charge in [0.1, 0.15) is 12.4 Å². The van der Waals surface area contributed by atoms with Crippen molar-refractivity contribution >= 4 is 17.5 Å². The number of hydrogen-bond acceptors (Lipinski definition) is 6. The van der Waals surface area contributed by atoms with Gasteiger partial charge in [-0.25, -0.2) is 0 Å². The predicted molar refractivity (Wildman–Crippen MR) is 107 cm³/mol. The van der Waals surface area contributed by atoms with Crippen LogP contribution in [0.2, 0.25) is 5.02 Å². The molecule has 0 saturated carbocycles. The standard InChI is InChI=1S/C20H26ClN5O2/c21-18-5-1-2-6-19(18)28-16-15-24-11-13-25(14-12-24)17-20(27)26(9-3-7-22)10-4-8-23/h1-2,5-6H,3-4,9-17H2. The zero-order valence-corrected chi connectivity index (χ0v) is 16.8. The molecule has 0 radical (unpaired) electrons. The largest absolute Gasteiger partial charge is 0.491 e. The highest BCUT2D eigenvalue weighted by molar-refractivity contribution is 6.32. The minimum atomic E-state index is -0.0130. The molecule has 150 valence electrons. The van der Waals surface area contributed by atoms with Gasteiger partial charge >= 0.3 is 0 Å². The minimum Gasteiger partial charge on any atom is -0.491 e. The fraction of sp³-hybridized carbons (Fsp3) is 0.550. The number of carbonyl (C=O) groups is 1. The number of amides is 1. The van der Waals surface area contributed by atoms with Crippen LogP contribution in [0.5, 0.6) is 5.75 Å². The van der Waals surface area contributed by atoms with E-state index in [4.69, 9.17) is 26.9 Å². The molecule has 1 aliphatic rings. The second-order valence-electron chi connectivity index (χ2n) is 6.59. The van der Waals surface area contributed by atoms with Gasteiger partial charge in [-0.05, 0) is 12.1 Å². The van der Waals surface area contributed by atoms with E-state index in [2.05, 4.69) is 21.9 Å². The molecule has 1 heterocycles. The molecule has 7 nitrogen and oxygen atoms in total. The SMILES string of the molecule is N#CCCN(CCC#N)C(=O)CN1CCN(CCOc2ccccc2Cl)CC1. The molecule has 0 spiro atoms. The molecule has 1 aromatic carbocycles. The van der Waals surface area contributed by atoms with E-state index < -0.39 is 0 Å². The summed E-state index contributed by atoms with van der Waals surface area (Å²) in [7, 11) is 0. The third-order valence-corrected chi connectivity index (χ3v) is 4.98. The van der Waals surface area contributed by atoms with Crippen LogP contribution < -0.4 is 4.74 Å². The molecular formula is C20H26ClN5O2. The molecule has 1 aliphatic heterocycles. The quantitative estimate of drug-likeness (QED) is 0.594. The Labute approximate surface area is 171 Å². The lowest BCUT2D eigenvalue weighted by molar-refractivity contribution is -0.132. The topological polar surface area (TPSA) is 83.6 Å². The molecule has 2 rings (SSSR count). The number of nitriles is 2. The van der Waals surface area contributed by atoms with Gasteiger partial charge in [0.05, 0.1) is 36.5 Å². The lowest BCUT2D eigenvalue weighted by atomic mass is 10.3. The molecule has 8 heteroatoms. The lowest BCUT2D eigenvalue weighted by Crippen LogP contribution is -2.50. The average molecular weight is 404 g/mol. The fourth-order valence-electron chi connectivity index (χ4n) is 3.04. The summed E-state index contributed by atoms with van der Waals surface area (Å²) < 4.78 is 5.74.